The molecule has 1 aromatic carbocycles. The van der Waals surface area contributed by atoms with Crippen LogP contribution in [-0.2, 0) is 33.4 Å². The molecule has 28 heavy (non-hydrogen) atoms. The molecule has 1 aromatic rings. The first-order valence-electron chi connectivity index (χ1n) is 8.59. The third-order valence-corrected chi connectivity index (χ3v) is 5.33. The highest BCUT2D eigenvalue weighted by Gasteiger charge is 2.72. The van der Waals surface area contributed by atoms with E-state index in [0.29, 0.717) is 10.7 Å². The third kappa shape index (κ3) is 2.63. The van der Waals surface area contributed by atoms with Crippen LogP contribution < -0.4 is 4.90 Å². The number of halogens is 1. The van der Waals surface area contributed by atoms with E-state index in [-0.39, 0.29) is 0 Å². The molecule has 3 aliphatic rings. The number of esters is 2. The number of amides is 2. The van der Waals surface area contributed by atoms with Crippen molar-refractivity contribution in [2.45, 2.75) is 31.8 Å². The molecule has 3 aliphatic heterocycles. The topological polar surface area (TPSA) is 99.2 Å². The Morgan fingerprint density at radius 3 is 2.29 bits per heavy atom. The van der Waals surface area contributed by atoms with E-state index in [1.165, 1.54) is 6.08 Å². The minimum absolute atomic E-state index is 0.375. The van der Waals surface area contributed by atoms with Crippen molar-refractivity contribution in [2.24, 2.45) is 11.8 Å². The minimum Gasteiger partial charge on any atom is -0.422 e. The van der Waals surface area contributed by atoms with Gasteiger partial charge in [0.15, 0.2) is 5.60 Å². The first kappa shape index (κ1) is 18.6. The summed E-state index contributed by atoms with van der Waals surface area (Å²) in [6.07, 6.45) is 0.983. The van der Waals surface area contributed by atoms with Gasteiger partial charge in [0, 0.05) is 18.9 Å². The monoisotopic (exact) mass is 405 g/mol. The summed E-state index contributed by atoms with van der Waals surface area (Å²) >= 11 is 5.89. The maximum atomic E-state index is 13.2. The molecule has 2 bridgehead atoms. The molecule has 0 radical (unpaired) electrons. The zero-order valence-corrected chi connectivity index (χ0v) is 15.7. The summed E-state index contributed by atoms with van der Waals surface area (Å²) in [5.41, 5.74) is -1.18. The molecule has 2 amide bonds. The Morgan fingerprint density at radius 2 is 1.71 bits per heavy atom. The van der Waals surface area contributed by atoms with Crippen LogP contribution in [-0.4, -0.2) is 41.7 Å². The number of hydrogen-bond donors (Lipinski definition) is 0. The van der Waals surface area contributed by atoms with E-state index in [9.17, 15) is 19.2 Å². The molecule has 0 aromatic heterocycles. The summed E-state index contributed by atoms with van der Waals surface area (Å²) in [5, 5.41) is 0.467. The van der Waals surface area contributed by atoms with Crippen LogP contribution in [0.2, 0.25) is 5.02 Å². The summed E-state index contributed by atoms with van der Waals surface area (Å²) in [6, 6.07) is 6.28. The molecule has 9 heteroatoms. The zero-order valence-electron chi connectivity index (χ0n) is 15.0. The van der Waals surface area contributed by atoms with Gasteiger partial charge in [-0.15, -0.1) is 0 Å². The number of imide groups is 1. The number of hydrogen-bond acceptors (Lipinski definition) is 7. The van der Waals surface area contributed by atoms with Crippen molar-refractivity contribution in [1.82, 2.24) is 0 Å². The number of fused-ring (bicyclic) bond motifs is 5. The van der Waals surface area contributed by atoms with Crippen molar-refractivity contribution in [2.75, 3.05) is 4.90 Å². The van der Waals surface area contributed by atoms with E-state index in [4.69, 9.17) is 25.8 Å². The van der Waals surface area contributed by atoms with Crippen molar-refractivity contribution < 1.29 is 33.4 Å². The SMILES string of the molecule is CC(=O)OC(OC(C)=O)[C@]12C=C[C@@H](O1)[C@@H]1C(=O)N(c3ccc(Cl)cc3)C(=O)[C@@H]12. The lowest BCUT2D eigenvalue weighted by atomic mass is 9.76. The first-order valence-corrected chi connectivity index (χ1v) is 8.97. The Labute approximate surface area is 165 Å². The third-order valence-electron chi connectivity index (χ3n) is 5.08. The number of rotatable bonds is 4. The highest BCUT2D eigenvalue weighted by Crippen LogP contribution is 2.54. The van der Waals surface area contributed by atoms with Gasteiger partial charge in [-0.1, -0.05) is 17.7 Å². The number of carbonyl (C=O) groups is 4. The molecule has 3 heterocycles. The standard InChI is InChI=1S/C19H16ClNO7/c1-9(22)26-18(27-10(2)23)19-8-7-13(28-19)14-15(19)17(25)21(16(14)24)12-5-3-11(20)4-6-12/h3-8,13-15,18H,1-2H3/t13-,14+,15-,19-/m1/s1. The number of benzene rings is 1. The molecule has 0 aliphatic carbocycles. The van der Waals surface area contributed by atoms with E-state index < -0.39 is 53.6 Å². The average Bonchev–Trinajstić information content (AvgIpc) is 3.26. The van der Waals surface area contributed by atoms with Crippen LogP contribution >= 0.6 is 11.6 Å². The summed E-state index contributed by atoms with van der Waals surface area (Å²) < 4.78 is 16.2. The van der Waals surface area contributed by atoms with Gasteiger partial charge in [-0.2, -0.15) is 0 Å². The lowest BCUT2D eigenvalue weighted by Crippen LogP contribution is -2.52. The van der Waals surface area contributed by atoms with E-state index in [0.717, 1.165) is 18.7 Å². The molecule has 4 rings (SSSR count). The Hall–Kier alpha value is -2.71. The number of nitrogens with zero attached hydrogens (tertiary/aromatic N) is 1. The highest BCUT2D eigenvalue weighted by molar-refractivity contribution is 6.31. The van der Waals surface area contributed by atoms with Crippen LogP contribution in [0.3, 0.4) is 0 Å². The molecule has 8 nitrogen and oxygen atoms in total. The lowest BCUT2D eigenvalue weighted by Gasteiger charge is -2.34. The van der Waals surface area contributed by atoms with Crippen molar-refractivity contribution in [3.63, 3.8) is 0 Å². The molecule has 0 spiro atoms. The van der Waals surface area contributed by atoms with Gasteiger partial charge < -0.3 is 14.2 Å². The van der Waals surface area contributed by atoms with Gasteiger partial charge in [-0.05, 0) is 30.3 Å². The minimum atomic E-state index is -1.55. The second-order valence-corrected chi connectivity index (χ2v) is 7.27. The van der Waals surface area contributed by atoms with E-state index in [2.05, 4.69) is 0 Å². The van der Waals surface area contributed by atoms with Gasteiger partial charge in [0.2, 0.25) is 11.8 Å². The fourth-order valence-electron chi connectivity index (χ4n) is 4.06. The maximum Gasteiger partial charge on any atom is 0.305 e. The Kier molecular flexibility index (Phi) is 4.28. The number of anilines is 1. The normalized spacial score (nSPS) is 30.1. The summed E-state index contributed by atoms with van der Waals surface area (Å²) in [5.74, 6) is -4.17. The summed E-state index contributed by atoms with van der Waals surface area (Å²) in [7, 11) is 0. The van der Waals surface area contributed by atoms with Crippen molar-refractivity contribution >= 4 is 41.0 Å². The van der Waals surface area contributed by atoms with Crippen molar-refractivity contribution in [3.05, 3.63) is 41.4 Å². The molecule has 146 valence electrons. The number of ether oxygens (including phenoxy) is 3. The lowest BCUT2D eigenvalue weighted by molar-refractivity contribution is -0.226. The molecular weight excluding hydrogens is 390 g/mol. The van der Waals surface area contributed by atoms with E-state index in [1.807, 2.05) is 0 Å². The Morgan fingerprint density at radius 1 is 1.11 bits per heavy atom. The molecule has 0 saturated carbocycles. The molecular formula is C19H16ClNO7. The van der Waals surface area contributed by atoms with Crippen LogP contribution in [0.25, 0.3) is 0 Å². The second-order valence-electron chi connectivity index (χ2n) is 6.84. The van der Waals surface area contributed by atoms with Crippen LogP contribution in [0.15, 0.2) is 36.4 Å². The van der Waals surface area contributed by atoms with Gasteiger partial charge in [0.1, 0.15) is 0 Å². The summed E-state index contributed by atoms with van der Waals surface area (Å²) in [6.45, 7) is 2.30. The van der Waals surface area contributed by atoms with Gasteiger partial charge in [0.05, 0.1) is 23.6 Å². The van der Waals surface area contributed by atoms with E-state index >= 15 is 0 Å². The van der Waals surface area contributed by atoms with Crippen LogP contribution in [0.5, 0.6) is 0 Å². The van der Waals surface area contributed by atoms with Gasteiger partial charge in [-0.25, -0.2) is 4.90 Å². The average molecular weight is 406 g/mol. The summed E-state index contributed by atoms with van der Waals surface area (Å²) in [4.78, 5) is 50.4. The van der Waals surface area contributed by atoms with Crippen molar-refractivity contribution in [3.8, 4) is 0 Å². The highest BCUT2D eigenvalue weighted by atomic mass is 35.5. The molecule has 4 atom stereocenters. The maximum absolute atomic E-state index is 13.2. The predicted molar refractivity (Wildman–Crippen MR) is 95.0 cm³/mol. The Bertz CT molecular complexity index is 895. The molecule has 0 N–H and O–H groups in total. The quantitative estimate of drug-likeness (QED) is 0.324. The zero-order chi connectivity index (χ0) is 20.2. The molecule has 2 saturated heterocycles. The van der Waals surface area contributed by atoms with Crippen LogP contribution in [0.1, 0.15) is 13.8 Å². The Balaban J connectivity index is 1.74. The fraction of sp³-hybridized carbons (Fsp3) is 0.368. The van der Waals surface area contributed by atoms with E-state index in [1.54, 1.807) is 30.3 Å². The molecule has 0 unspecified atom stereocenters. The largest absolute Gasteiger partial charge is 0.422 e. The van der Waals surface area contributed by atoms with Gasteiger partial charge in [0.25, 0.3) is 6.29 Å². The van der Waals surface area contributed by atoms with Crippen molar-refractivity contribution in [1.29, 1.82) is 0 Å². The van der Waals surface area contributed by atoms with Crippen LogP contribution in [0.4, 0.5) is 5.69 Å². The van der Waals surface area contributed by atoms with Gasteiger partial charge >= 0.3 is 11.9 Å². The van der Waals surface area contributed by atoms with Crippen LogP contribution in [0, 0.1) is 11.8 Å². The second kappa shape index (κ2) is 6.42. The fourth-order valence-corrected chi connectivity index (χ4v) is 4.19. The van der Waals surface area contributed by atoms with Gasteiger partial charge in [-0.3, -0.25) is 19.2 Å². The predicted octanol–water partition coefficient (Wildman–Crippen LogP) is 1.61. The smallest absolute Gasteiger partial charge is 0.305 e. The molecule has 2 fully saturated rings. The number of carbonyl (C=O) groups excluding carboxylic acids is 4. The first-order chi connectivity index (χ1) is 13.2.